The summed E-state index contributed by atoms with van der Waals surface area (Å²) in [6.45, 7) is 0. The van der Waals surface area contributed by atoms with E-state index in [-0.39, 0.29) is 11.3 Å². The molecular weight excluding hydrogens is 384 g/mol. The summed E-state index contributed by atoms with van der Waals surface area (Å²) in [5.74, 6) is 0. The lowest BCUT2D eigenvalue weighted by Crippen LogP contribution is -1.99. The number of aldehydes is 1. The Bertz CT molecular complexity index is 1010. The van der Waals surface area contributed by atoms with Crippen LogP contribution in [0.5, 0.6) is 0 Å². The van der Waals surface area contributed by atoms with Crippen molar-refractivity contribution in [3.05, 3.63) is 88.5 Å². The van der Waals surface area contributed by atoms with Crippen LogP contribution in [0.15, 0.2) is 87.5 Å². The van der Waals surface area contributed by atoms with E-state index in [1.807, 2.05) is 36.4 Å². The second-order valence-electron chi connectivity index (χ2n) is 5.41. The molecule has 1 N–H and O–H groups in total. The maximum atomic E-state index is 12.8. The molecule has 1 unspecified atom stereocenters. The number of hydrogen-bond acceptors (Lipinski definition) is 6. The van der Waals surface area contributed by atoms with E-state index in [1.165, 1.54) is 30.1 Å². The van der Waals surface area contributed by atoms with Crippen molar-refractivity contribution in [2.45, 2.75) is 14.7 Å². The number of nitrogens with zero attached hydrogens (tertiary/aromatic N) is 1. The quantitative estimate of drug-likeness (QED) is 0.269. The summed E-state index contributed by atoms with van der Waals surface area (Å²) in [6.07, 6.45) is 0.396. The van der Waals surface area contributed by atoms with Gasteiger partial charge in [-0.05, 0) is 54.4 Å². The Balaban J connectivity index is 1.81. The lowest BCUT2D eigenvalue weighted by molar-refractivity contribution is -0.385. The largest absolute Gasteiger partial charge is 0.326 e. The van der Waals surface area contributed by atoms with Crippen LogP contribution in [0.3, 0.4) is 0 Å². The van der Waals surface area contributed by atoms with Gasteiger partial charge in [0.15, 0.2) is 6.29 Å². The van der Waals surface area contributed by atoms with Crippen LogP contribution < -0.4 is 4.72 Å². The minimum absolute atomic E-state index is 0.0974. The van der Waals surface area contributed by atoms with E-state index < -0.39 is 15.7 Å². The van der Waals surface area contributed by atoms with E-state index in [0.29, 0.717) is 16.1 Å². The first-order valence-electron chi connectivity index (χ1n) is 7.82. The molecule has 0 aliphatic heterocycles. The lowest BCUT2D eigenvalue weighted by atomic mass is 10.2. The second-order valence-corrected chi connectivity index (χ2v) is 7.77. The van der Waals surface area contributed by atoms with Gasteiger partial charge < -0.3 is 4.72 Å². The maximum Gasteiger partial charge on any atom is 0.279 e. The van der Waals surface area contributed by atoms with Gasteiger partial charge in [-0.15, -0.1) is 0 Å². The lowest BCUT2D eigenvalue weighted by Gasteiger charge is -2.08. The van der Waals surface area contributed by atoms with E-state index in [2.05, 4.69) is 4.72 Å². The molecule has 1 atom stereocenters. The fourth-order valence-electron chi connectivity index (χ4n) is 2.33. The third kappa shape index (κ3) is 4.60. The van der Waals surface area contributed by atoms with E-state index in [1.54, 1.807) is 18.2 Å². The van der Waals surface area contributed by atoms with Crippen LogP contribution in [0.2, 0.25) is 0 Å². The van der Waals surface area contributed by atoms with Gasteiger partial charge in [0.2, 0.25) is 0 Å². The number of nitro groups is 1. The molecule has 8 heteroatoms. The van der Waals surface area contributed by atoms with Crippen LogP contribution in [0.4, 0.5) is 11.4 Å². The Labute approximate surface area is 162 Å². The normalized spacial score (nSPS) is 11.6. The van der Waals surface area contributed by atoms with Gasteiger partial charge in [-0.1, -0.05) is 24.3 Å². The third-order valence-electron chi connectivity index (χ3n) is 3.61. The third-order valence-corrected chi connectivity index (χ3v) is 5.82. The van der Waals surface area contributed by atoms with Crippen LogP contribution in [0.25, 0.3) is 0 Å². The molecule has 27 heavy (non-hydrogen) atoms. The number of rotatable bonds is 7. The molecule has 0 fully saturated rings. The molecule has 3 rings (SSSR count). The van der Waals surface area contributed by atoms with Crippen molar-refractivity contribution < 1.29 is 13.9 Å². The molecule has 0 saturated heterocycles. The van der Waals surface area contributed by atoms with Crippen LogP contribution in [-0.4, -0.2) is 15.4 Å². The highest BCUT2D eigenvalue weighted by Crippen LogP contribution is 2.26. The topological polar surface area (TPSA) is 89.3 Å². The van der Waals surface area contributed by atoms with Crippen molar-refractivity contribution in [1.29, 1.82) is 0 Å². The van der Waals surface area contributed by atoms with E-state index in [4.69, 9.17) is 0 Å². The Morgan fingerprint density at radius 2 is 1.70 bits per heavy atom. The van der Waals surface area contributed by atoms with Crippen molar-refractivity contribution in [3.8, 4) is 0 Å². The zero-order chi connectivity index (χ0) is 19.2. The Morgan fingerprint density at radius 3 is 2.41 bits per heavy atom. The summed E-state index contributed by atoms with van der Waals surface area (Å²) in [6, 6.07) is 20.7. The van der Waals surface area contributed by atoms with E-state index in [9.17, 15) is 19.1 Å². The Hall–Kier alpha value is -2.97. The molecule has 0 heterocycles. The standard InChI is InChI=1S/C19H14N2O4S2/c22-13-14-11-18(9-10-19(14)21(23)24)27(25)17-8-4-5-15(12-17)20-26-16-6-2-1-3-7-16/h1-13,20H. The summed E-state index contributed by atoms with van der Waals surface area (Å²) in [5.41, 5.74) is 0.368. The first-order valence-corrected chi connectivity index (χ1v) is 9.78. The van der Waals surface area contributed by atoms with Gasteiger partial charge in [0, 0.05) is 26.4 Å². The minimum atomic E-state index is -1.57. The number of anilines is 1. The van der Waals surface area contributed by atoms with Crippen LogP contribution in [0.1, 0.15) is 10.4 Å². The highest BCUT2D eigenvalue weighted by molar-refractivity contribution is 8.00. The molecule has 0 saturated carbocycles. The van der Waals surface area contributed by atoms with Gasteiger partial charge in [0.05, 0.1) is 21.3 Å². The smallest absolute Gasteiger partial charge is 0.279 e. The van der Waals surface area contributed by atoms with Crippen molar-refractivity contribution >= 4 is 40.4 Å². The first-order chi connectivity index (χ1) is 13.1. The monoisotopic (exact) mass is 398 g/mol. The van der Waals surface area contributed by atoms with Crippen LogP contribution in [-0.2, 0) is 10.8 Å². The number of hydrogen-bond donors (Lipinski definition) is 1. The fraction of sp³-hybridized carbons (Fsp3) is 0. The van der Waals surface area contributed by atoms with Crippen molar-refractivity contribution in [2.24, 2.45) is 0 Å². The summed E-state index contributed by atoms with van der Waals surface area (Å²) in [5, 5.41) is 10.9. The number of nitro benzene ring substituents is 1. The molecule has 0 aliphatic carbocycles. The summed E-state index contributed by atoms with van der Waals surface area (Å²) >= 11 is 1.43. The molecule has 3 aromatic rings. The molecule has 3 aromatic carbocycles. The van der Waals surface area contributed by atoms with Gasteiger partial charge in [0.25, 0.3) is 5.69 Å². The average molecular weight is 398 g/mol. The predicted molar refractivity (Wildman–Crippen MR) is 106 cm³/mol. The zero-order valence-electron chi connectivity index (χ0n) is 13.9. The summed E-state index contributed by atoms with van der Waals surface area (Å²) < 4.78 is 16.0. The molecule has 0 aliphatic rings. The van der Waals surface area contributed by atoms with Gasteiger partial charge in [-0.3, -0.25) is 14.9 Å². The van der Waals surface area contributed by atoms with Gasteiger partial charge in [-0.2, -0.15) is 0 Å². The average Bonchev–Trinajstić information content (AvgIpc) is 2.72. The van der Waals surface area contributed by atoms with Crippen LogP contribution in [0, 0.1) is 10.1 Å². The summed E-state index contributed by atoms with van der Waals surface area (Å²) in [4.78, 5) is 23.3. The molecule has 0 radical (unpaired) electrons. The molecular formula is C19H14N2O4S2. The van der Waals surface area contributed by atoms with Gasteiger partial charge >= 0.3 is 0 Å². The number of benzene rings is 3. The van der Waals surface area contributed by atoms with Crippen molar-refractivity contribution in [1.82, 2.24) is 0 Å². The fourth-order valence-corrected chi connectivity index (χ4v) is 4.12. The van der Waals surface area contributed by atoms with E-state index in [0.717, 1.165) is 10.6 Å². The van der Waals surface area contributed by atoms with Crippen molar-refractivity contribution in [3.63, 3.8) is 0 Å². The Kier molecular flexibility index (Phi) is 6.00. The van der Waals surface area contributed by atoms with Gasteiger partial charge in [0.1, 0.15) is 0 Å². The van der Waals surface area contributed by atoms with Gasteiger partial charge in [-0.25, -0.2) is 4.21 Å². The van der Waals surface area contributed by atoms with Crippen molar-refractivity contribution in [2.75, 3.05) is 4.72 Å². The predicted octanol–water partition coefficient (Wildman–Crippen LogP) is 4.69. The Morgan fingerprint density at radius 1 is 0.963 bits per heavy atom. The number of nitrogens with one attached hydrogen (secondary N) is 1. The molecule has 0 spiro atoms. The van der Waals surface area contributed by atoms with Crippen LogP contribution >= 0.6 is 11.9 Å². The minimum Gasteiger partial charge on any atom is -0.326 e. The zero-order valence-corrected chi connectivity index (χ0v) is 15.5. The molecule has 0 aromatic heterocycles. The summed E-state index contributed by atoms with van der Waals surface area (Å²) in [7, 11) is -1.57. The molecule has 0 amide bonds. The molecule has 0 bridgehead atoms. The number of carbonyl (C=O) groups is 1. The first kappa shape index (κ1) is 18.8. The molecule has 136 valence electrons. The highest BCUT2D eigenvalue weighted by atomic mass is 32.2. The van der Waals surface area contributed by atoms with E-state index >= 15 is 0 Å². The SMILES string of the molecule is O=Cc1cc(S(=O)c2cccc(NSc3ccccc3)c2)ccc1[N+](=O)[O-]. The maximum absolute atomic E-state index is 12.8. The molecule has 6 nitrogen and oxygen atoms in total. The number of carbonyl (C=O) groups excluding carboxylic acids is 1. The second kappa shape index (κ2) is 8.61. The highest BCUT2D eigenvalue weighted by Gasteiger charge is 2.16.